The minimum absolute atomic E-state index is 0.251. The molecule has 3 N–H and O–H groups in total. The highest BCUT2D eigenvalue weighted by Crippen LogP contribution is 2.09. The van der Waals surface area contributed by atoms with E-state index in [1.165, 1.54) is 44.9 Å². The van der Waals surface area contributed by atoms with Gasteiger partial charge in [0.1, 0.15) is 12.6 Å². The number of hydrogen-bond donors (Lipinski definition) is 2. The van der Waals surface area contributed by atoms with Gasteiger partial charge in [0.2, 0.25) is 0 Å². The molecule has 0 spiro atoms. The van der Waals surface area contributed by atoms with Gasteiger partial charge in [-0.05, 0) is 32.1 Å². The third kappa shape index (κ3) is 15.5. The van der Waals surface area contributed by atoms with E-state index in [1.54, 1.807) is 0 Å². The Morgan fingerprint density at radius 1 is 0.958 bits per heavy atom. The van der Waals surface area contributed by atoms with Crippen molar-refractivity contribution in [2.24, 2.45) is 5.73 Å². The molecule has 0 amide bonds. The highest BCUT2D eigenvalue weighted by atomic mass is 16.5. The van der Waals surface area contributed by atoms with Gasteiger partial charge < -0.3 is 15.6 Å². The largest absolute Gasteiger partial charge is 0.480 e. The van der Waals surface area contributed by atoms with Crippen LogP contribution >= 0.6 is 0 Å². The number of esters is 1. The van der Waals surface area contributed by atoms with Crippen LogP contribution in [0.2, 0.25) is 0 Å². The van der Waals surface area contributed by atoms with Crippen molar-refractivity contribution < 1.29 is 19.4 Å². The Balaban J connectivity index is 3.31. The van der Waals surface area contributed by atoms with Crippen LogP contribution in [0.1, 0.15) is 84.0 Å². The second kappa shape index (κ2) is 16.5. The Labute approximate surface area is 146 Å². The van der Waals surface area contributed by atoms with Gasteiger partial charge in [0.15, 0.2) is 0 Å². The van der Waals surface area contributed by atoms with Crippen molar-refractivity contribution in [3.63, 3.8) is 0 Å². The Morgan fingerprint density at radius 2 is 1.50 bits per heavy atom. The normalized spacial score (nSPS) is 12.4. The van der Waals surface area contributed by atoms with Gasteiger partial charge in [0, 0.05) is 6.42 Å². The Kier molecular flexibility index (Phi) is 15.6. The first kappa shape index (κ1) is 22.6. The third-order valence-electron chi connectivity index (χ3n) is 3.88. The molecule has 0 radical (unpaired) electrons. The molecule has 0 unspecified atom stereocenters. The standard InChI is InChI=1S/C19H35NO4/c1-2-3-4-5-6-7-8-9-10-11-12-13-14-15-18(21)24-16-17(20)19(22)23/h7-8,17H,2-6,9-16,20H2,1H3,(H,22,23)/b8-7-/t17-/m0/s1. The second-order valence-electron chi connectivity index (χ2n) is 6.25. The number of aliphatic carboxylic acids is 1. The van der Waals surface area contributed by atoms with Gasteiger partial charge >= 0.3 is 11.9 Å². The van der Waals surface area contributed by atoms with Crippen LogP contribution < -0.4 is 5.73 Å². The molecule has 0 saturated carbocycles. The molecule has 0 aliphatic carbocycles. The zero-order chi connectivity index (χ0) is 18.0. The number of ether oxygens (including phenoxy) is 1. The molecule has 24 heavy (non-hydrogen) atoms. The van der Waals surface area contributed by atoms with E-state index in [9.17, 15) is 9.59 Å². The zero-order valence-electron chi connectivity index (χ0n) is 15.2. The van der Waals surface area contributed by atoms with Crippen molar-refractivity contribution in [2.75, 3.05) is 6.61 Å². The van der Waals surface area contributed by atoms with Gasteiger partial charge in [-0.2, -0.15) is 0 Å². The highest BCUT2D eigenvalue weighted by molar-refractivity contribution is 5.74. The van der Waals surface area contributed by atoms with Crippen molar-refractivity contribution in [1.29, 1.82) is 0 Å². The summed E-state index contributed by atoms with van der Waals surface area (Å²) in [5, 5.41) is 8.57. The van der Waals surface area contributed by atoms with E-state index in [0.29, 0.717) is 6.42 Å². The number of allylic oxidation sites excluding steroid dienone is 2. The van der Waals surface area contributed by atoms with E-state index in [4.69, 9.17) is 15.6 Å². The number of carbonyl (C=O) groups is 2. The minimum Gasteiger partial charge on any atom is -0.480 e. The fourth-order valence-corrected chi connectivity index (χ4v) is 2.31. The number of nitrogens with two attached hydrogens (primary N) is 1. The number of rotatable bonds is 16. The van der Waals surface area contributed by atoms with Crippen molar-refractivity contribution in [3.8, 4) is 0 Å². The van der Waals surface area contributed by atoms with E-state index in [0.717, 1.165) is 25.7 Å². The summed E-state index contributed by atoms with van der Waals surface area (Å²) < 4.78 is 4.82. The summed E-state index contributed by atoms with van der Waals surface area (Å²) in [4.78, 5) is 21.9. The molecule has 5 nitrogen and oxygen atoms in total. The number of hydrogen-bond acceptors (Lipinski definition) is 4. The molecule has 1 atom stereocenters. The first-order valence-corrected chi connectivity index (χ1v) is 9.37. The van der Waals surface area contributed by atoms with Gasteiger partial charge in [0.05, 0.1) is 0 Å². The molecule has 0 aliphatic rings. The van der Waals surface area contributed by atoms with Crippen LogP contribution in [0.3, 0.4) is 0 Å². The highest BCUT2D eigenvalue weighted by Gasteiger charge is 2.13. The van der Waals surface area contributed by atoms with Crippen LogP contribution in [0.4, 0.5) is 0 Å². The molecular weight excluding hydrogens is 306 g/mol. The maximum Gasteiger partial charge on any atom is 0.324 e. The predicted octanol–water partition coefficient (Wildman–Crippen LogP) is 4.20. The molecular formula is C19H35NO4. The molecule has 0 fully saturated rings. The maximum absolute atomic E-state index is 11.4. The Bertz CT molecular complexity index is 355. The zero-order valence-corrected chi connectivity index (χ0v) is 15.2. The lowest BCUT2D eigenvalue weighted by molar-refractivity contribution is -0.147. The van der Waals surface area contributed by atoms with E-state index in [-0.39, 0.29) is 12.6 Å². The van der Waals surface area contributed by atoms with Gasteiger partial charge in [-0.15, -0.1) is 0 Å². The average Bonchev–Trinajstić information content (AvgIpc) is 2.56. The number of unbranched alkanes of at least 4 members (excludes halogenated alkanes) is 9. The first-order valence-electron chi connectivity index (χ1n) is 9.37. The molecule has 0 heterocycles. The summed E-state index contributed by atoms with van der Waals surface area (Å²) in [5.41, 5.74) is 5.26. The molecule has 0 rings (SSSR count). The van der Waals surface area contributed by atoms with Crippen LogP contribution in [0.25, 0.3) is 0 Å². The van der Waals surface area contributed by atoms with Crippen molar-refractivity contribution in [3.05, 3.63) is 12.2 Å². The SMILES string of the molecule is CCCCCC/C=C\CCCCCCCC(=O)OC[C@H](N)C(=O)O. The lowest BCUT2D eigenvalue weighted by Gasteiger charge is -2.07. The molecule has 0 aromatic heterocycles. The summed E-state index contributed by atoms with van der Waals surface area (Å²) in [6.45, 7) is 1.98. The third-order valence-corrected chi connectivity index (χ3v) is 3.88. The van der Waals surface area contributed by atoms with E-state index < -0.39 is 12.0 Å². The summed E-state index contributed by atoms with van der Waals surface area (Å²) >= 11 is 0. The second-order valence-corrected chi connectivity index (χ2v) is 6.25. The molecule has 0 aromatic carbocycles. The van der Waals surface area contributed by atoms with Gasteiger partial charge in [-0.3, -0.25) is 9.59 Å². The topological polar surface area (TPSA) is 89.6 Å². The number of carboxylic acid groups (broad SMARTS) is 1. The van der Waals surface area contributed by atoms with E-state index in [1.807, 2.05) is 0 Å². The average molecular weight is 341 g/mol. The molecule has 0 aromatic rings. The molecule has 0 saturated heterocycles. The molecule has 0 aliphatic heterocycles. The van der Waals surface area contributed by atoms with Crippen molar-refractivity contribution in [1.82, 2.24) is 0 Å². The quantitative estimate of drug-likeness (QED) is 0.249. The number of carbonyl (C=O) groups excluding carboxylic acids is 1. The van der Waals surface area contributed by atoms with E-state index in [2.05, 4.69) is 19.1 Å². The summed E-state index contributed by atoms with van der Waals surface area (Å²) in [5.74, 6) is -1.52. The molecule has 140 valence electrons. The maximum atomic E-state index is 11.4. The number of carboxylic acids is 1. The van der Waals surface area contributed by atoms with Crippen LogP contribution in [-0.2, 0) is 14.3 Å². The lowest BCUT2D eigenvalue weighted by Crippen LogP contribution is -2.35. The van der Waals surface area contributed by atoms with E-state index >= 15 is 0 Å². The lowest BCUT2D eigenvalue weighted by atomic mass is 10.1. The van der Waals surface area contributed by atoms with Crippen LogP contribution in [0, 0.1) is 0 Å². The van der Waals surface area contributed by atoms with Crippen LogP contribution in [0.15, 0.2) is 12.2 Å². The van der Waals surface area contributed by atoms with Crippen molar-refractivity contribution in [2.45, 2.75) is 90.0 Å². The van der Waals surface area contributed by atoms with Gasteiger partial charge in [-0.25, -0.2) is 0 Å². The summed E-state index contributed by atoms with van der Waals surface area (Å²) in [6, 6.07) is -1.13. The summed E-state index contributed by atoms with van der Waals surface area (Å²) in [7, 11) is 0. The fraction of sp³-hybridized carbons (Fsp3) is 0.789. The fourth-order valence-electron chi connectivity index (χ4n) is 2.31. The van der Waals surface area contributed by atoms with Gasteiger partial charge in [-0.1, -0.05) is 57.6 Å². The van der Waals surface area contributed by atoms with Gasteiger partial charge in [0.25, 0.3) is 0 Å². The molecule has 5 heteroatoms. The molecule has 0 bridgehead atoms. The monoisotopic (exact) mass is 341 g/mol. The van der Waals surface area contributed by atoms with Crippen LogP contribution in [0.5, 0.6) is 0 Å². The predicted molar refractivity (Wildman–Crippen MR) is 96.8 cm³/mol. The smallest absolute Gasteiger partial charge is 0.324 e. The minimum atomic E-state index is -1.15. The Morgan fingerprint density at radius 3 is 2.08 bits per heavy atom. The Hall–Kier alpha value is -1.36. The summed E-state index contributed by atoms with van der Waals surface area (Å²) in [6.07, 6.45) is 17.8. The van der Waals surface area contributed by atoms with Crippen LogP contribution in [-0.4, -0.2) is 29.7 Å². The first-order chi connectivity index (χ1) is 11.6. The van der Waals surface area contributed by atoms with Crippen molar-refractivity contribution >= 4 is 11.9 Å².